The predicted molar refractivity (Wildman–Crippen MR) is 103 cm³/mol. The molecule has 2 N–H and O–H groups in total. The average molecular weight is 444 g/mol. The number of carboxylic acid groups (broad SMARTS) is 1. The number of nitrogens with zero attached hydrogens (tertiary/aromatic N) is 1. The fourth-order valence-electron chi connectivity index (χ4n) is 3.09. The van der Waals surface area contributed by atoms with Crippen molar-refractivity contribution in [1.82, 2.24) is 4.31 Å². The van der Waals surface area contributed by atoms with Crippen molar-refractivity contribution in [1.29, 1.82) is 0 Å². The molecule has 0 fully saturated rings. The molecule has 0 aromatic heterocycles. The van der Waals surface area contributed by atoms with Crippen LogP contribution >= 0.6 is 23.2 Å². The fourth-order valence-corrected chi connectivity index (χ4v) is 5.27. The summed E-state index contributed by atoms with van der Waals surface area (Å²) in [6.45, 7) is 3.07. The van der Waals surface area contributed by atoms with E-state index in [1.807, 2.05) is 0 Å². The van der Waals surface area contributed by atoms with E-state index in [4.69, 9.17) is 23.2 Å². The van der Waals surface area contributed by atoms with Crippen molar-refractivity contribution in [2.24, 2.45) is 0 Å². The Balaban J connectivity index is 2.14. The molecule has 0 radical (unpaired) electrons. The van der Waals surface area contributed by atoms with Gasteiger partial charge >= 0.3 is 5.97 Å². The first-order valence-electron chi connectivity index (χ1n) is 8.11. The number of benzene rings is 2. The van der Waals surface area contributed by atoms with E-state index in [0.29, 0.717) is 9.87 Å². The molecule has 1 aliphatic heterocycles. The van der Waals surface area contributed by atoms with Crippen LogP contribution in [0, 0.1) is 0 Å². The molecule has 3 rings (SSSR count). The lowest BCUT2D eigenvalue weighted by Crippen LogP contribution is -2.30. The number of phenols is 1. The number of hydrogen-bond acceptors (Lipinski definition) is 5. The first-order valence-corrected chi connectivity index (χ1v) is 10.3. The molecule has 0 saturated heterocycles. The fraction of sp³-hybridized carbons (Fsp3) is 0.222. The molecule has 0 unspecified atom stereocenters. The summed E-state index contributed by atoms with van der Waals surface area (Å²) in [7, 11) is -4.25. The smallest absolute Gasteiger partial charge is 0.338 e. The Bertz CT molecular complexity index is 1130. The third-order valence-electron chi connectivity index (χ3n) is 4.45. The zero-order valence-corrected chi connectivity index (χ0v) is 17.1. The number of aromatic carboxylic acids is 1. The molecule has 1 amide bonds. The van der Waals surface area contributed by atoms with E-state index in [1.165, 1.54) is 18.2 Å². The Morgan fingerprint density at radius 3 is 2.43 bits per heavy atom. The second kappa shape index (κ2) is 6.95. The summed E-state index contributed by atoms with van der Waals surface area (Å²) < 4.78 is 26.5. The molecular formula is C18H15Cl2NO6S. The maximum atomic E-state index is 12.9. The number of sulfonamides is 1. The van der Waals surface area contributed by atoms with Gasteiger partial charge in [0, 0.05) is 6.07 Å². The highest BCUT2D eigenvalue weighted by atomic mass is 35.5. The normalized spacial score (nSPS) is 15.2. The number of carboxylic acids is 1. The molecule has 148 valence electrons. The van der Waals surface area contributed by atoms with Crippen LogP contribution in [0.15, 0.2) is 29.2 Å². The maximum Gasteiger partial charge on any atom is 0.338 e. The molecule has 1 aliphatic rings. The molecule has 0 atom stereocenters. The van der Waals surface area contributed by atoms with E-state index >= 15 is 0 Å². The van der Waals surface area contributed by atoms with Crippen molar-refractivity contribution in [2.75, 3.05) is 0 Å². The molecule has 0 aliphatic carbocycles. The summed E-state index contributed by atoms with van der Waals surface area (Å²) in [5.41, 5.74) is 0.141. The largest absolute Gasteiger partial charge is 0.508 e. The SMILES string of the molecule is CC(C)c1cc(O)cc2c1C(=O)N(Cc1ccc(Cl)c(C(=O)O)c1Cl)S2(=O)=O. The number of phenolic OH excluding ortho intramolecular Hbond substituents is 1. The third kappa shape index (κ3) is 3.11. The van der Waals surface area contributed by atoms with Crippen molar-refractivity contribution in [3.63, 3.8) is 0 Å². The Hall–Kier alpha value is -2.29. The molecule has 1 heterocycles. The van der Waals surface area contributed by atoms with E-state index in [2.05, 4.69) is 0 Å². The van der Waals surface area contributed by atoms with Crippen molar-refractivity contribution >= 4 is 45.1 Å². The van der Waals surface area contributed by atoms with E-state index < -0.39 is 28.4 Å². The lowest BCUT2D eigenvalue weighted by molar-refractivity contribution is 0.0697. The van der Waals surface area contributed by atoms with Crippen molar-refractivity contribution in [3.8, 4) is 5.75 Å². The van der Waals surface area contributed by atoms with Gasteiger partial charge in [-0.05, 0) is 29.2 Å². The molecule has 2 aromatic carbocycles. The van der Waals surface area contributed by atoms with E-state index in [0.717, 1.165) is 6.07 Å². The maximum absolute atomic E-state index is 12.9. The number of halogens is 2. The molecule has 2 aromatic rings. The zero-order chi connectivity index (χ0) is 21.0. The number of rotatable bonds is 4. The van der Waals surface area contributed by atoms with Crippen molar-refractivity contribution in [2.45, 2.75) is 31.2 Å². The monoisotopic (exact) mass is 443 g/mol. The number of amides is 1. The van der Waals surface area contributed by atoms with E-state index in [9.17, 15) is 28.2 Å². The summed E-state index contributed by atoms with van der Waals surface area (Å²) in [5, 5.41) is 18.8. The highest BCUT2D eigenvalue weighted by Crippen LogP contribution is 2.40. The lowest BCUT2D eigenvalue weighted by Gasteiger charge is -2.17. The molecule has 0 saturated carbocycles. The summed E-state index contributed by atoms with van der Waals surface area (Å²) in [5.74, 6) is -2.61. The minimum absolute atomic E-state index is 0.00339. The van der Waals surface area contributed by atoms with Gasteiger partial charge in [-0.15, -0.1) is 0 Å². The Labute approximate surface area is 171 Å². The van der Waals surface area contributed by atoms with Gasteiger partial charge in [0.1, 0.15) is 10.6 Å². The summed E-state index contributed by atoms with van der Waals surface area (Å²) in [4.78, 5) is 24.0. The van der Waals surface area contributed by atoms with E-state index in [1.54, 1.807) is 13.8 Å². The topological polar surface area (TPSA) is 112 Å². The first kappa shape index (κ1) is 20.4. The van der Waals surface area contributed by atoms with Crippen molar-refractivity contribution in [3.05, 3.63) is 56.6 Å². The van der Waals surface area contributed by atoms with Gasteiger partial charge in [0.2, 0.25) is 0 Å². The van der Waals surface area contributed by atoms with Gasteiger partial charge in [-0.2, -0.15) is 0 Å². The van der Waals surface area contributed by atoms with E-state index in [-0.39, 0.29) is 43.3 Å². The molecule has 7 nitrogen and oxygen atoms in total. The van der Waals surface area contributed by atoms with Gasteiger partial charge in [-0.25, -0.2) is 17.5 Å². The third-order valence-corrected chi connectivity index (χ3v) is 6.95. The highest BCUT2D eigenvalue weighted by molar-refractivity contribution is 7.90. The van der Waals surface area contributed by atoms with Gasteiger partial charge in [0.25, 0.3) is 15.9 Å². The summed E-state index contributed by atoms with van der Waals surface area (Å²) >= 11 is 12.0. The number of carbonyl (C=O) groups is 2. The molecule has 0 spiro atoms. The minimum atomic E-state index is -4.25. The molecule has 28 heavy (non-hydrogen) atoms. The lowest BCUT2D eigenvalue weighted by atomic mass is 9.96. The second-order valence-corrected chi connectivity index (χ2v) is 9.20. The molecule has 0 bridgehead atoms. The molecule has 10 heteroatoms. The zero-order valence-electron chi connectivity index (χ0n) is 14.7. The van der Waals surface area contributed by atoms with Crippen LogP contribution in [0.5, 0.6) is 5.75 Å². The van der Waals surface area contributed by atoms with Crippen LogP contribution in [0.2, 0.25) is 10.0 Å². The quantitative estimate of drug-likeness (QED) is 0.741. The van der Waals surface area contributed by atoms with Crippen LogP contribution in [0.4, 0.5) is 0 Å². The van der Waals surface area contributed by atoms with Gasteiger partial charge in [0.05, 0.1) is 27.7 Å². The summed E-state index contributed by atoms with van der Waals surface area (Å²) in [6, 6.07) is 5.03. The van der Waals surface area contributed by atoms with Crippen LogP contribution in [0.25, 0.3) is 0 Å². The van der Waals surface area contributed by atoms with Crippen molar-refractivity contribution < 1.29 is 28.2 Å². The van der Waals surface area contributed by atoms with Crippen LogP contribution in [0.3, 0.4) is 0 Å². The number of carbonyl (C=O) groups excluding carboxylic acids is 1. The molecular weight excluding hydrogens is 429 g/mol. The van der Waals surface area contributed by atoms with Gasteiger partial charge in [0.15, 0.2) is 0 Å². The Morgan fingerprint density at radius 2 is 1.86 bits per heavy atom. The van der Waals surface area contributed by atoms with Gasteiger partial charge in [-0.3, -0.25) is 4.79 Å². The minimum Gasteiger partial charge on any atom is -0.508 e. The number of fused-ring (bicyclic) bond motifs is 1. The van der Waals surface area contributed by atoms with Crippen LogP contribution in [-0.2, 0) is 16.6 Å². The van der Waals surface area contributed by atoms with Crippen LogP contribution in [0.1, 0.15) is 51.6 Å². The average Bonchev–Trinajstić information content (AvgIpc) is 2.76. The predicted octanol–water partition coefficient (Wildman–Crippen LogP) is 3.87. The van der Waals surface area contributed by atoms with Gasteiger partial charge < -0.3 is 10.2 Å². The second-order valence-electron chi connectivity index (χ2n) is 6.58. The standard InChI is InChI=1S/C18H15Cl2NO6S/c1-8(2)11-5-10(22)6-13-14(11)17(23)21(28(13,26)27)7-9-3-4-12(19)15(16(9)20)18(24)25/h3-6,8,22H,7H2,1-2H3,(H,24,25). The van der Waals surface area contributed by atoms with Crippen LogP contribution in [-0.4, -0.2) is 34.8 Å². The van der Waals surface area contributed by atoms with Crippen LogP contribution < -0.4 is 0 Å². The Morgan fingerprint density at radius 1 is 1.21 bits per heavy atom. The van der Waals surface area contributed by atoms with Gasteiger partial charge in [-0.1, -0.05) is 43.1 Å². The highest BCUT2D eigenvalue weighted by Gasteiger charge is 2.43. The summed E-state index contributed by atoms with van der Waals surface area (Å²) in [6.07, 6.45) is 0. The number of hydrogen-bond donors (Lipinski definition) is 2. The first-order chi connectivity index (χ1) is 13.0. The number of aromatic hydroxyl groups is 1. The Kier molecular flexibility index (Phi) is 5.07.